The quantitative estimate of drug-likeness (QED) is 0.825. The summed E-state index contributed by atoms with van der Waals surface area (Å²) in [5, 5.41) is 2.52. The van der Waals surface area contributed by atoms with Crippen LogP contribution in [0.4, 0.5) is 4.39 Å². The molecule has 2 aromatic rings. The average molecular weight is 307 g/mol. The first kappa shape index (κ1) is 15.6. The van der Waals surface area contributed by atoms with E-state index < -0.39 is 24.3 Å². The van der Waals surface area contributed by atoms with Crippen LogP contribution in [-0.4, -0.2) is 25.6 Å². The van der Waals surface area contributed by atoms with Gasteiger partial charge in [-0.25, -0.2) is 9.18 Å². The van der Waals surface area contributed by atoms with Gasteiger partial charge in [-0.1, -0.05) is 0 Å². The van der Waals surface area contributed by atoms with Crippen molar-refractivity contribution in [1.29, 1.82) is 0 Å². The van der Waals surface area contributed by atoms with Gasteiger partial charge in [0, 0.05) is 0 Å². The van der Waals surface area contributed by atoms with E-state index in [-0.39, 0.29) is 17.9 Å². The number of hydrogen-bond donors (Lipinski definition) is 1. The molecule has 1 heterocycles. The minimum atomic E-state index is -0.797. The van der Waals surface area contributed by atoms with Crippen molar-refractivity contribution in [1.82, 2.24) is 5.32 Å². The second-order valence-electron chi connectivity index (χ2n) is 4.28. The van der Waals surface area contributed by atoms with Crippen LogP contribution in [0.5, 0.6) is 5.75 Å². The number of esters is 1. The number of methoxy groups -OCH3 is 1. The van der Waals surface area contributed by atoms with Gasteiger partial charge in [-0.3, -0.25) is 4.79 Å². The van der Waals surface area contributed by atoms with E-state index in [2.05, 4.69) is 5.32 Å². The summed E-state index contributed by atoms with van der Waals surface area (Å²) in [5.41, 5.74) is -0.00265. The van der Waals surface area contributed by atoms with Gasteiger partial charge in [-0.05, 0) is 30.3 Å². The van der Waals surface area contributed by atoms with Crippen LogP contribution in [0.1, 0.15) is 16.1 Å². The fourth-order valence-electron chi connectivity index (χ4n) is 1.66. The van der Waals surface area contributed by atoms with Crippen LogP contribution < -0.4 is 10.1 Å². The van der Waals surface area contributed by atoms with Gasteiger partial charge in [-0.15, -0.1) is 0 Å². The van der Waals surface area contributed by atoms with E-state index in [1.807, 2.05) is 0 Å². The third-order valence-corrected chi connectivity index (χ3v) is 2.76. The molecular formula is C15H14FNO5. The summed E-state index contributed by atoms with van der Waals surface area (Å²) in [6.07, 6.45) is 1.49. The van der Waals surface area contributed by atoms with Crippen molar-refractivity contribution < 1.29 is 27.9 Å². The number of amides is 1. The molecule has 1 aromatic carbocycles. The molecule has 0 bridgehead atoms. The molecule has 0 spiro atoms. The topological polar surface area (TPSA) is 77.8 Å². The molecule has 0 atom stereocenters. The molecule has 22 heavy (non-hydrogen) atoms. The van der Waals surface area contributed by atoms with Crippen molar-refractivity contribution in [2.75, 3.05) is 13.7 Å². The van der Waals surface area contributed by atoms with Gasteiger partial charge in [0.2, 0.25) is 0 Å². The molecule has 0 aliphatic carbocycles. The van der Waals surface area contributed by atoms with Gasteiger partial charge in [0.25, 0.3) is 5.91 Å². The predicted molar refractivity (Wildman–Crippen MR) is 73.8 cm³/mol. The van der Waals surface area contributed by atoms with Crippen LogP contribution in [0.3, 0.4) is 0 Å². The van der Waals surface area contributed by atoms with E-state index in [0.29, 0.717) is 5.76 Å². The number of benzene rings is 1. The van der Waals surface area contributed by atoms with Crippen LogP contribution in [0.25, 0.3) is 0 Å². The summed E-state index contributed by atoms with van der Waals surface area (Å²) < 4.78 is 28.0. The highest BCUT2D eigenvalue weighted by Crippen LogP contribution is 2.18. The Bertz CT molecular complexity index is 654. The highest BCUT2D eigenvalue weighted by atomic mass is 19.1. The number of furan rings is 1. The fourth-order valence-corrected chi connectivity index (χ4v) is 1.66. The standard InChI is InChI=1S/C15H14FNO5/c1-20-13-5-4-10(7-12(13)16)15(19)22-9-14(18)17-8-11-3-2-6-21-11/h2-7H,8-9H2,1H3,(H,17,18). The maximum atomic E-state index is 13.5. The number of carbonyl (C=O) groups is 2. The SMILES string of the molecule is COc1ccc(C(=O)OCC(=O)NCc2ccco2)cc1F. The predicted octanol–water partition coefficient (Wildman–Crippen LogP) is 1.90. The third kappa shape index (κ3) is 4.08. The molecule has 0 unspecified atom stereocenters. The molecule has 7 heteroatoms. The monoisotopic (exact) mass is 307 g/mol. The van der Waals surface area contributed by atoms with Crippen LogP contribution in [0.2, 0.25) is 0 Å². The molecule has 1 amide bonds. The molecule has 0 aliphatic rings. The Hall–Kier alpha value is -2.83. The minimum Gasteiger partial charge on any atom is -0.494 e. The maximum Gasteiger partial charge on any atom is 0.338 e. The number of carbonyl (C=O) groups excluding carboxylic acids is 2. The molecule has 6 nitrogen and oxygen atoms in total. The Morgan fingerprint density at radius 1 is 1.32 bits per heavy atom. The highest BCUT2D eigenvalue weighted by Gasteiger charge is 2.13. The van der Waals surface area contributed by atoms with E-state index in [9.17, 15) is 14.0 Å². The Morgan fingerprint density at radius 3 is 2.77 bits per heavy atom. The lowest BCUT2D eigenvalue weighted by atomic mass is 10.2. The number of halogens is 1. The lowest BCUT2D eigenvalue weighted by Gasteiger charge is -2.07. The zero-order valence-electron chi connectivity index (χ0n) is 11.8. The van der Waals surface area contributed by atoms with E-state index in [1.54, 1.807) is 12.1 Å². The zero-order valence-corrected chi connectivity index (χ0v) is 11.8. The van der Waals surface area contributed by atoms with Gasteiger partial charge in [-0.2, -0.15) is 0 Å². The second-order valence-corrected chi connectivity index (χ2v) is 4.28. The molecule has 0 saturated carbocycles. The zero-order chi connectivity index (χ0) is 15.9. The molecule has 0 saturated heterocycles. The molecule has 1 N–H and O–H groups in total. The summed E-state index contributed by atoms with van der Waals surface area (Å²) in [6.45, 7) is -0.270. The molecule has 0 fully saturated rings. The second kappa shape index (κ2) is 7.26. The van der Waals surface area contributed by atoms with E-state index in [0.717, 1.165) is 6.07 Å². The van der Waals surface area contributed by atoms with Gasteiger partial charge >= 0.3 is 5.97 Å². The van der Waals surface area contributed by atoms with E-state index in [4.69, 9.17) is 13.9 Å². The summed E-state index contributed by atoms with van der Waals surface area (Å²) in [5.74, 6) is -1.36. The van der Waals surface area contributed by atoms with Crippen molar-refractivity contribution in [3.8, 4) is 5.75 Å². The first-order valence-corrected chi connectivity index (χ1v) is 6.40. The molecule has 1 aromatic heterocycles. The minimum absolute atomic E-state index is 0.00265. The molecule has 2 rings (SSSR count). The highest BCUT2D eigenvalue weighted by molar-refractivity contribution is 5.91. The average Bonchev–Trinajstić information content (AvgIpc) is 3.03. The molecule has 0 aliphatic heterocycles. The fraction of sp³-hybridized carbons (Fsp3) is 0.200. The van der Waals surface area contributed by atoms with Gasteiger partial charge < -0.3 is 19.2 Å². The van der Waals surface area contributed by atoms with Gasteiger partial charge in [0.1, 0.15) is 5.76 Å². The van der Waals surface area contributed by atoms with E-state index >= 15 is 0 Å². The van der Waals surface area contributed by atoms with Crippen molar-refractivity contribution >= 4 is 11.9 Å². The first-order chi connectivity index (χ1) is 10.6. The lowest BCUT2D eigenvalue weighted by molar-refractivity contribution is -0.124. The number of rotatable bonds is 6. The summed E-state index contributed by atoms with van der Waals surface area (Å²) >= 11 is 0. The molecular weight excluding hydrogens is 293 g/mol. The summed E-state index contributed by atoms with van der Waals surface area (Å²) in [7, 11) is 1.32. The molecule has 0 radical (unpaired) electrons. The smallest absolute Gasteiger partial charge is 0.338 e. The Morgan fingerprint density at radius 2 is 2.14 bits per heavy atom. The number of ether oxygens (including phenoxy) is 2. The van der Waals surface area contributed by atoms with Crippen LogP contribution in [-0.2, 0) is 16.1 Å². The van der Waals surface area contributed by atoms with Crippen LogP contribution in [0, 0.1) is 5.82 Å². The summed E-state index contributed by atoms with van der Waals surface area (Å²) in [6, 6.07) is 7.04. The van der Waals surface area contributed by atoms with Crippen molar-refractivity contribution in [3.05, 3.63) is 53.7 Å². The van der Waals surface area contributed by atoms with Crippen LogP contribution in [0.15, 0.2) is 41.0 Å². The van der Waals surface area contributed by atoms with Crippen molar-refractivity contribution in [2.45, 2.75) is 6.54 Å². The van der Waals surface area contributed by atoms with Gasteiger partial charge in [0.05, 0.1) is 25.5 Å². The van der Waals surface area contributed by atoms with Crippen molar-refractivity contribution in [2.24, 2.45) is 0 Å². The van der Waals surface area contributed by atoms with Crippen molar-refractivity contribution in [3.63, 3.8) is 0 Å². The largest absolute Gasteiger partial charge is 0.494 e. The summed E-state index contributed by atoms with van der Waals surface area (Å²) in [4.78, 5) is 23.2. The Labute approximate surface area is 125 Å². The van der Waals surface area contributed by atoms with E-state index in [1.165, 1.54) is 25.5 Å². The Balaban J connectivity index is 1.81. The Kier molecular flexibility index (Phi) is 5.13. The van der Waals surface area contributed by atoms with Gasteiger partial charge in [0.15, 0.2) is 18.2 Å². The molecule has 116 valence electrons. The number of nitrogens with one attached hydrogen (secondary N) is 1. The third-order valence-electron chi connectivity index (χ3n) is 2.76. The maximum absolute atomic E-state index is 13.5. The van der Waals surface area contributed by atoms with Crippen LogP contribution >= 0.6 is 0 Å². The number of hydrogen-bond acceptors (Lipinski definition) is 5. The first-order valence-electron chi connectivity index (χ1n) is 6.40. The lowest BCUT2D eigenvalue weighted by Crippen LogP contribution is -2.28. The normalized spacial score (nSPS) is 10.1.